The SMILES string of the molecule is CN1C(=O)N/C(=C\c2ccc(N/C(=C3\C(=O)Nc4ccc([N+](=O)[O-])cc43)c3ccc(CCCN4CCCCC4=O)cc3)cc2)C1=O. The Bertz CT molecular complexity index is 1810. The number of amides is 5. The van der Waals surface area contributed by atoms with Crippen LogP contribution in [0.4, 0.5) is 21.9 Å². The smallest absolute Gasteiger partial charge is 0.328 e. The van der Waals surface area contributed by atoms with Gasteiger partial charge in [0.15, 0.2) is 0 Å². The van der Waals surface area contributed by atoms with E-state index in [9.17, 15) is 29.3 Å². The van der Waals surface area contributed by atoms with Gasteiger partial charge in [-0.3, -0.25) is 29.4 Å². The number of nitrogens with zero attached hydrogens (tertiary/aromatic N) is 3. The van der Waals surface area contributed by atoms with Crippen molar-refractivity contribution < 1.29 is 24.1 Å². The zero-order valence-corrected chi connectivity index (χ0v) is 25.2. The zero-order valence-electron chi connectivity index (χ0n) is 25.2. The van der Waals surface area contributed by atoms with E-state index in [-0.39, 0.29) is 22.9 Å². The molecule has 0 radical (unpaired) electrons. The third kappa shape index (κ3) is 6.23. The fourth-order valence-electron chi connectivity index (χ4n) is 5.80. The Morgan fingerprint density at radius 1 is 0.978 bits per heavy atom. The number of nitrogens with one attached hydrogen (secondary N) is 3. The fraction of sp³-hybridized carbons (Fsp3) is 0.235. The topological polar surface area (TPSA) is 154 Å². The number of benzene rings is 3. The molecule has 3 heterocycles. The van der Waals surface area contributed by atoms with E-state index in [4.69, 9.17) is 0 Å². The summed E-state index contributed by atoms with van der Waals surface area (Å²) in [5, 5.41) is 20.3. The first kappa shape index (κ1) is 30.3. The summed E-state index contributed by atoms with van der Waals surface area (Å²) >= 11 is 0. The monoisotopic (exact) mass is 620 g/mol. The van der Waals surface area contributed by atoms with Crippen molar-refractivity contribution in [1.29, 1.82) is 0 Å². The third-order valence-electron chi connectivity index (χ3n) is 8.34. The molecule has 0 unspecified atom stereocenters. The quantitative estimate of drug-likeness (QED) is 0.132. The van der Waals surface area contributed by atoms with Gasteiger partial charge in [-0.25, -0.2) is 4.79 Å². The van der Waals surface area contributed by atoms with Crippen molar-refractivity contribution in [3.05, 3.63) is 105 Å². The molecule has 0 bridgehead atoms. The summed E-state index contributed by atoms with van der Waals surface area (Å²) in [5.41, 5.74) is 4.75. The second kappa shape index (κ2) is 12.7. The third-order valence-corrected chi connectivity index (χ3v) is 8.34. The maximum Gasteiger partial charge on any atom is 0.328 e. The molecule has 0 aromatic heterocycles. The first-order valence-corrected chi connectivity index (χ1v) is 15.1. The van der Waals surface area contributed by atoms with Crippen molar-refractivity contribution in [1.82, 2.24) is 15.1 Å². The molecule has 3 aromatic rings. The Hall–Kier alpha value is -5.78. The number of likely N-dealkylation sites (tertiary alicyclic amines) is 1. The molecule has 0 saturated carbocycles. The van der Waals surface area contributed by atoms with Crippen molar-refractivity contribution in [2.45, 2.75) is 32.1 Å². The number of carbonyl (C=O) groups is 4. The number of nitro groups is 1. The van der Waals surface area contributed by atoms with E-state index in [2.05, 4.69) is 16.0 Å². The maximum atomic E-state index is 13.3. The molecule has 0 spiro atoms. The lowest BCUT2D eigenvalue weighted by Gasteiger charge is -2.26. The lowest BCUT2D eigenvalue weighted by molar-refractivity contribution is -0.384. The molecule has 2 fully saturated rings. The summed E-state index contributed by atoms with van der Waals surface area (Å²) in [6.45, 7) is 1.53. The first-order valence-electron chi connectivity index (χ1n) is 15.1. The van der Waals surface area contributed by atoms with Gasteiger partial charge in [0, 0.05) is 55.6 Å². The van der Waals surface area contributed by atoms with Crippen LogP contribution >= 0.6 is 0 Å². The predicted molar refractivity (Wildman–Crippen MR) is 173 cm³/mol. The summed E-state index contributed by atoms with van der Waals surface area (Å²) in [5.74, 6) is -0.604. The summed E-state index contributed by atoms with van der Waals surface area (Å²) < 4.78 is 0. The van der Waals surface area contributed by atoms with Crippen LogP contribution in [0.1, 0.15) is 47.9 Å². The van der Waals surface area contributed by atoms with Crippen molar-refractivity contribution in [2.24, 2.45) is 0 Å². The highest BCUT2D eigenvalue weighted by Crippen LogP contribution is 2.39. The molecule has 0 aliphatic carbocycles. The van der Waals surface area contributed by atoms with Gasteiger partial charge in [-0.2, -0.15) is 0 Å². The first-order chi connectivity index (χ1) is 22.2. The van der Waals surface area contributed by atoms with Crippen molar-refractivity contribution in [2.75, 3.05) is 30.8 Å². The van der Waals surface area contributed by atoms with Gasteiger partial charge < -0.3 is 20.9 Å². The second-order valence-electron chi connectivity index (χ2n) is 11.4. The van der Waals surface area contributed by atoms with E-state index in [0.29, 0.717) is 40.2 Å². The summed E-state index contributed by atoms with van der Waals surface area (Å²) in [7, 11) is 1.40. The predicted octanol–water partition coefficient (Wildman–Crippen LogP) is 4.99. The highest BCUT2D eigenvalue weighted by Gasteiger charge is 2.31. The van der Waals surface area contributed by atoms with Crippen LogP contribution in [0.3, 0.4) is 0 Å². The van der Waals surface area contributed by atoms with Gasteiger partial charge in [-0.1, -0.05) is 36.4 Å². The van der Waals surface area contributed by atoms with Crippen LogP contribution in [0.2, 0.25) is 0 Å². The van der Waals surface area contributed by atoms with E-state index in [1.54, 1.807) is 30.3 Å². The van der Waals surface area contributed by atoms with Gasteiger partial charge >= 0.3 is 6.03 Å². The molecule has 0 atom stereocenters. The highest BCUT2D eigenvalue weighted by molar-refractivity contribution is 6.37. The van der Waals surface area contributed by atoms with Crippen molar-refractivity contribution >= 4 is 58.2 Å². The molecule has 46 heavy (non-hydrogen) atoms. The maximum absolute atomic E-state index is 13.3. The Morgan fingerprint density at radius 2 is 1.74 bits per heavy atom. The van der Waals surface area contributed by atoms with Gasteiger partial charge in [0.05, 0.1) is 16.2 Å². The van der Waals surface area contributed by atoms with Crippen LogP contribution in [-0.4, -0.2) is 58.6 Å². The van der Waals surface area contributed by atoms with Gasteiger partial charge in [0.25, 0.3) is 17.5 Å². The summed E-state index contributed by atoms with van der Waals surface area (Å²) in [4.78, 5) is 63.6. The lowest BCUT2D eigenvalue weighted by Crippen LogP contribution is -2.36. The van der Waals surface area contributed by atoms with Crippen molar-refractivity contribution in [3.8, 4) is 0 Å². The van der Waals surface area contributed by atoms with Gasteiger partial charge in [-0.15, -0.1) is 0 Å². The van der Waals surface area contributed by atoms with Gasteiger partial charge in [0.2, 0.25) is 5.91 Å². The molecule has 3 aliphatic heterocycles. The van der Waals surface area contributed by atoms with Crippen LogP contribution in [0.25, 0.3) is 17.3 Å². The summed E-state index contributed by atoms with van der Waals surface area (Å²) in [6, 6.07) is 18.6. The number of anilines is 2. The molecule has 12 heteroatoms. The largest absolute Gasteiger partial charge is 0.354 e. The number of piperidine rings is 1. The van der Waals surface area contributed by atoms with Gasteiger partial charge in [-0.05, 0) is 66.6 Å². The lowest BCUT2D eigenvalue weighted by atomic mass is 9.98. The van der Waals surface area contributed by atoms with Crippen LogP contribution in [0.5, 0.6) is 0 Å². The molecule has 234 valence electrons. The molecule has 6 rings (SSSR count). The van der Waals surface area contributed by atoms with E-state index in [1.807, 2.05) is 29.2 Å². The average Bonchev–Trinajstić information content (AvgIpc) is 3.50. The average molecular weight is 621 g/mol. The van der Waals surface area contributed by atoms with E-state index < -0.39 is 22.8 Å². The number of likely N-dealkylation sites (N-methyl/N-ethyl adjacent to an activating group) is 1. The summed E-state index contributed by atoms with van der Waals surface area (Å²) in [6.07, 6.45) is 5.82. The minimum Gasteiger partial charge on any atom is -0.354 e. The molecule has 2 saturated heterocycles. The number of carbonyl (C=O) groups excluding carboxylic acids is 4. The molecular formula is C34H32N6O6. The number of aryl methyl sites for hydroxylation is 1. The standard InChI is InChI=1S/C34H32N6O6/c1-38-33(43)28(37-34(38)44)19-22-9-13-24(14-10-22)35-31(30-26-20-25(40(45)46)15-16-27(26)36-32(30)42)23-11-7-21(8-12-23)5-4-18-39-17-3-2-6-29(39)41/h7-16,19-20,35H,2-6,17-18H2,1H3,(H,36,42)(H,37,44)/b28-19-,31-30-. The molecular weight excluding hydrogens is 588 g/mol. The van der Waals surface area contributed by atoms with E-state index in [0.717, 1.165) is 49.2 Å². The highest BCUT2D eigenvalue weighted by atomic mass is 16.6. The Labute approximate surface area is 264 Å². The molecule has 12 nitrogen and oxygen atoms in total. The molecule has 5 amide bonds. The number of nitro benzene ring substituents is 1. The second-order valence-corrected chi connectivity index (χ2v) is 11.4. The number of urea groups is 1. The van der Waals surface area contributed by atoms with Crippen LogP contribution in [-0.2, 0) is 20.8 Å². The van der Waals surface area contributed by atoms with E-state index >= 15 is 0 Å². The number of rotatable bonds is 9. The number of hydrogen-bond acceptors (Lipinski definition) is 7. The normalized spacial score (nSPS) is 18.1. The Kier molecular flexibility index (Phi) is 8.34. The zero-order chi connectivity index (χ0) is 32.4. The van der Waals surface area contributed by atoms with E-state index in [1.165, 1.54) is 25.2 Å². The molecule has 3 N–H and O–H groups in total. The number of hydrogen-bond donors (Lipinski definition) is 3. The van der Waals surface area contributed by atoms with Crippen LogP contribution in [0.15, 0.2) is 72.4 Å². The number of fused-ring (bicyclic) bond motifs is 1. The van der Waals surface area contributed by atoms with Crippen LogP contribution in [0, 0.1) is 10.1 Å². The molecule has 3 aliphatic rings. The minimum atomic E-state index is -0.497. The number of non-ortho nitro benzene ring substituents is 1. The number of imide groups is 1. The molecule has 3 aromatic carbocycles. The van der Waals surface area contributed by atoms with Crippen molar-refractivity contribution in [3.63, 3.8) is 0 Å². The fourth-order valence-corrected chi connectivity index (χ4v) is 5.80. The van der Waals surface area contributed by atoms with Gasteiger partial charge in [0.1, 0.15) is 5.70 Å². The van der Waals surface area contributed by atoms with Crippen LogP contribution < -0.4 is 16.0 Å². The Morgan fingerprint density at radius 3 is 2.41 bits per heavy atom. The minimum absolute atomic E-state index is 0.133. The Balaban J connectivity index is 1.29.